The molecule has 14 nitrogen and oxygen atoms in total. The third-order valence-electron chi connectivity index (χ3n) is 0.547. The first-order chi connectivity index (χ1) is 7.97. The molecule has 0 atom stereocenters. The molecule has 0 fully saturated rings. The van der Waals surface area contributed by atoms with Crippen LogP contribution in [-0.4, -0.2) is 47.4 Å². The van der Waals surface area contributed by atoms with Crippen molar-refractivity contribution < 1.29 is 41.1 Å². The fraction of sp³-hybridized carbons (Fsp3) is 1.00. The van der Waals surface area contributed by atoms with Crippen LogP contribution in [0.25, 0.3) is 0 Å². The molecule has 0 aromatic carbocycles. The highest BCUT2D eigenvalue weighted by Crippen LogP contribution is 1.88. The third-order valence-corrected chi connectivity index (χ3v) is 0.547. The van der Waals surface area contributed by atoms with E-state index >= 15 is 0 Å². The van der Waals surface area contributed by atoms with Crippen LogP contribution in [0.1, 0.15) is 19.8 Å². The fourth-order valence-corrected chi connectivity index (χ4v) is 0.258. The molecule has 0 aromatic rings. The summed E-state index contributed by atoms with van der Waals surface area (Å²) in [7, 11) is 0. The molecular formula is C4H13N3O11. The Morgan fingerprint density at radius 1 is 0.889 bits per heavy atom. The van der Waals surface area contributed by atoms with Crippen molar-refractivity contribution >= 4 is 0 Å². The van der Waals surface area contributed by atoms with E-state index in [-0.39, 0.29) is 0 Å². The number of hydrogen-bond acceptors (Lipinski definition) is 8. The van der Waals surface area contributed by atoms with E-state index in [9.17, 15) is 0 Å². The van der Waals surface area contributed by atoms with Gasteiger partial charge in [-0.15, -0.1) is 30.3 Å². The molecule has 5 N–H and O–H groups in total. The van der Waals surface area contributed by atoms with E-state index < -0.39 is 21.5 Å². The van der Waals surface area contributed by atoms with Crippen LogP contribution >= 0.6 is 0 Å². The molecule has 0 heterocycles. The van der Waals surface area contributed by atoms with Crippen LogP contribution in [0.5, 0.6) is 0 Å². The van der Waals surface area contributed by atoms with Crippen molar-refractivity contribution in [3.8, 4) is 0 Å². The summed E-state index contributed by atoms with van der Waals surface area (Å²) in [5.41, 5.74) is 0. The highest BCUT2D eigenvalue weighted by atomic mass is 16.9. The van der Waals surface area contributed by atoms with Crippen LogP contribution in [0.2, 0.25) is 0 Å². The van der Waals surface area contributed by atoms with E-state index in [1.165, 1.54) is 0 Å². The molecule has 0 saturated heterocycles. The van der Waals surface area contributed by atoms with Gasteiger partial charge in [-0.2, -0.15) is 0 Å². The van der Waals surface area contributed by atoms with Crippen LogP contribution in [0.15, 0.2) is 0 Å². The molecular weight excluding hydrogens is 266 g/mol. The Bertz CT molecular complexity index is 178. The van der Waals surface area contributed by atoms with E-state index in [4.69, 9.17) is 56.2 Å². The fourth-order valence-electron chi connectivity index (χ4n) is 0.258. The SMILES string of the molecule is CCCC(O)O.O=[N+]([O-])O.O=[N+]([O-])O.O=[N+]([O-])O. The summed E-state index contributed by atoms with van der Waals surface area (Å²) in [5, 5.41) is 57.1. The largest absolute Gasteiger partial charge is 0.368 e. The Kier molecular flexibility index (Phi) is 27.4. The van der Waals surface area contributed by atoms with Crippen molar-refractivity contribution in [3.05, 3.63) is 30.3 Å². The average Bonchev–Trinajstić information content (AvgIpc) is 1.98. The monoisotopic (exact) mass is 279 g/mol. The van der Waals surface area contributed by atoms with Crippen molar-refractivity contribution in [2.45, 2.75) is 26.1 Å². The Morgan fingerprint density at radius 3 is 1.06 bits per heavy atom. The number of aliphatic hydroxyl groups is 2. The normalized spacial score (nSPS) is 7.33. The first-order valence-corrected chi connectivity index (χ1v) is 3.83. The lowest BCUT2D eigenvalue weighted by Gasteiger charge is -1.94. The molecule has 0 radical (unpaired) electrons. The van der Waals surface area contributed by atoms with Gasteiger partial charge in [0.1, 0.15) is 0 Å². The quantitative estimate of drug-likeness (QED) is 0.235. The van der Waals surface area contributed by atoms with Gasteiger partial charge in [0.05, 0.1) is 0 Å². The number of nitrogens with zero attached hydrogens (tertiary/aromatic N) is 3. The molecule has 0 aromatic heterocycles. The van der Waals surface area contributed by atoms with Gasteiger partial charge in [-0.25, -0.2) is 0 Å². The minimum absolute atomic E-state index is 0.486. The topological polar surface area (TPSA) is 231 Å². The summed E-state index contributed by atoms with van der Waals surface area (Å²) in [5.74, 6) is 0. The lowest BCUT2D eigenvalue weighted by molar-refractivity contribution is -0.742. The predicted octanol–water partition coefficient (Wildman–Crippen LogP) is -0.946. The average molecular weight is 279 g/mol. The van der Waals surface area contributed by atoms with Crippen LogP contribution in [0.4, 0.5) is 0 Å². The van der Waals surface area contributed by atoms with Crippen molar-refractivity contribution in [2.75, 3.05) is 0 Å². The summed E-state index contributed by atoms with van der Waals surface area (Å²) in [6.45, 7) is 1.90. The maximum atomic E-state index is 8.36. The van der Waals surface area contributed by atoms with Gasteiger partial charge < -0.3 is 25.8 Å². The molecule has 0 rings (SSSR count). The minimum atomic E-state index is -1.50. The molecule has 0 aliphatic carbocycles. The van der Waals surface area contributed by atoms with Crippen LogP contribution < -0.4 is 0 Å². The van der Waals surface area contributed by atoms with Gasteiger partial charge in [-0.05, 0) is 6.42 Å². The standard InChI is InChI=1S/C4H10O2.3HNO3/c1-2-3-4(5)6;3*2-1(3)4/h4-6H,2-3H2,1H3;3*(H,2,3,4). The molecule has 0 bridgehead atoms. The zero-order valence-electron chi connectivity index (χ0n) is 9.02. The molecule has 0 unspecified atom stereocenters. The summed E-state index contributed by atoms with van der Waals surface area (Å²) in [4.78, 5) is 25.1. The van der Waals surface area contributed by atoms with Gasteiger partial charge in [0.25, 0.3) is 15.3 Å². The molecule has 14 heteroatoms. The number of hydrogen-bond donors (Lipinski definition) is 5. The molecule has 18 heavy (non-hydrogen) atoms. The highest BCUT2D eigenvalue weighted by Gasteiger charge is 1.89. The van der Waals surface area contributed by atoms with Crippen LogP contribution in [0.3, 0.4) is 0 Å². The van der Waals surface area contributed by atoms with Gasteiger partial charge in [0, 0.05) is 0 Å². The second-order valence-corrected chi connectivity index (χ2v) is 1.98. The summed E-state index contributed by atoms with van der Waals surface area (Å²) in [6, 6.07) is 0. The van der Waals surface area contributed by atoms with Crippen LogP contribution in [0, 0.1) is 30.3 Å². The molecule has 110 valence electrons. The Morgan fingerprint density at radius 2 is 1.06 bits per heavy atom. The van der Waals surface area contributed by atoms with Crippen molar-refractivity contribution in [1.82, 2.24) is 0 Å². The first-order valence-electron chi connectivity index (χ1n) is 3.83. The molecule has 0 aliphatic heterocycles. The van der Waals surface area contributed by atoms with E-state index in [1.54, 1.807) is 0 Å². The lowest BCUT2D eigenvalue weighted by Crippen LogP contribution is -2.01. The second-order valence-electron chi connectivity index (χ2n) is 1.98. The Labute approximate surface area is 98.6 Å². The number of rotatable bonds is 2. The van der Waals surface area contributed by atoms with Gasteiger partial charge in [-0.3, -0.25) is 0 Å². The van der Waals surface area contributed by atoms with Gasteiger partial charge in [0.15, 0.2) is 6.29 Å². The summed E-state index contributed by atoms with van der Waals surface area (Å²) < 4.78 is 0. The van der Waals surface area contributed by atoms with Crippen LogP contribution in [-0.2, 0) is 0 Å². The van der Waals surface area contributed by atoms with Gasteiger partial charge in [-0.1, -0.05) is 13.3 Å². The Balaban J connectivity index is -0.0000000742. The van der Waals surface area contributed by atoms with E-state index in [0.717, 1.165) is 6.42 Å². The first kappa shape index (κ1) is 24.7. The van der Waals surface area contributed by atoms with E-state index in [2.05, 4.69) is 0 Å². The summed E-state index contributed by atoms with van der Waals surface area (Å²) in [6.07, 6.45) is 0.215. The maximum absolute atomic E-state index is 8.36. The Hall–Kier alpha value is -2.48. The minimum Gasteiger partial charge on any atom is -0.368 e. The third kappa shape index (κ3) is 7840. The highest BCUT2D eigenvalue weighted by molar-refractivity contribution is 4.31. The molecule has 0 saturated carbocycles. The predicted molar refractivity (Wildman–Crippen MR) is 49.5 cm³/mol. The molecule has 0 aliphatic rings. The number of aliphatic hydroxyl groups excluding tert-OH is 1. The zero-order valence-corrected chi connectivity index (χ0v) is 9.02. The molecule has 0 spiro atoms. The van der Waals surface area contributed by atoms with Crippen molar-refractivity contribution in [1.29, 1.82) is 0 Å². The second kappa shape index (κ2) is 20.0. The van der Waals surface area contributed by atoms with Crippen molar-refractivity contribution in [2.24, 2.45) is 0 Å². The molecule has 0 amide bonds. The summed E-state index contributed by atoms with van der Waals surface area (Å²) >= 11 is 0. The smallest absolute Gasteiger partial charge is 0.291 e. The zero-order chi connectivity index (χ0) is 15.7. The van der Waals surface area contributed by atoms with Gasteiger partial charge in [0.2, 0.25) is 0 Å². The lowest BCUT2D eigenvalue weighted by atomic mass is 10.3. The van der Waals surface area contributed by atoms with E-state index in [0.29, 0.717) is 6.42 Å². The maximum Gasteiger partial charge on any atom is 0.291 e. The van der Waals surface area contributed by atoms with E-state index in [1.807, 2.05) is 6.92 Å². The van der Waals surface area contributed by atoms with Crippen molar-refractivity contribution in [3.63, 3.8) is 0 Å². The van der Waals surface area contributed by atoms with Gasteiger partial charge >= 0.3 is 0 Å².